The Hall–Kier alpha value is -3.03. The SMILES string of the molecule is COc1cc(C2C3=C(CC(C)CC3=O)Nc3ncnn32)cc(OC)c1OC. The van der Waals surface area contributed by atoms with Crippen molar-refractivity contribution in [3.63, 3.8) is 0 Å². The number of ketones is 1. The number of anilines is 1. The molecular formula is C19H22N4O4. The van der Waals surface area contributed by atoms with E-state index >= 15 is 0 Å². The predicted molar refractivity (Wildman–Crippen MR) is 98.3 cm³/mol. The van der Waals surface area contributed by atoms with E-state index in [1.807, 2.05) is 12.1 Å². The highest BCUT2D eigenvalue weighted by molar-refractivity contribution is 5.99. The van der Waals surface area contributed by atoms with Crippen molar-refractivity contribution in [1.82, 2.24) is 14.8 Å². The number of allylic oxidation sites excluding steroid dienone is 2. The van der Waals surface area contributed by atoms with Gasteiger partial charge >= 0.3 is 0 Å². The van der Waals surface area contributed by atoms with Gasteiger partial charge in [-0.25, -0.2) is 4.68 Å². The smallest absolute Gasteiger partial charge is 0.226 e. The maximum Gasteiger partial charge on any atom is 0.226 e. The minimum absolute atomic E-state index is 0.121. The van der Waals surface area contributed by atoms with E-state index in [-0.39, 0.29) is 5.78 Å². The minimum Gasteiger partial charge on any atom is -0.493 e. The molecule has 0 saturated heterocycles. The molecule has 2 unspecified atom stereocenters. The van der Waals surface area contributed by atoms with Crippen LogP contribution in [-0.4, -0.2) is 41.9 Å². The Labute approximate surface area is 157 Å². The number of carbonyl (C=O) groups is 1. The Balaban J connectivity index is 1.93. The summed E-state index contributed by atoms with van der Waals surface area (Å²) in [7, 11) is 4.71. The first-order chi connectivity index (χ1) is 13.1. The van der Waals surface area contributed by atoms with E-state index < -0.39 is 6.04 Å². The number of Topliss-reactive ketones (excluding diaryl/α,β-unsaturated/α-hetero) is 1. The molecule has 0 amide bonds. The molecule has 27 heavy (non-hydrogen) atoms. The van der Waals surface area contributed by atoms with Gasteiger partial charge in [-0.15, -0.1) is 0 Å². The van der Waals surface area contributed by atoms with Crippen LogP contribution in [-0.2, 0) is 4.79 Å². The molecule has 2 aliphatic rings. The summed E-state index contributed by atoms with van der Waals surface area (Å²) in [5.41, 5.74) is 2.46. The van der Waals surface area contributed by atoms with Crippen molar-refractivity contribution in [3.8, 4) is 17.2 Å². The number of hydrogen-bond acceptors (Lipinski definition) is 7. The van der Waals surface area contributed by atoms with Crippen LogP contribution in [0, 0.1) is 5.92 Å². The van der Waals surface area contributed by atoms with Crippen LogP contribution in [0.3, 0.4) is 0 Å². The lowest BCUT2D eigenvalue weighted by Gasteiger charge is -2.34. The monoisotopic (exact) mass is 370 g/mol. The lowest BCUT2D eigenvalue weighted by Crippen LogP contribution is -2.33. The summed E-state index contributed by atoms with van der Waals surface area (Å²) in [6.45, 7) is 2.08. The molecule has 0 bridgehead atoms. The highest BCUT2D eigenvalue weighted by atomic mass is 16.5. The van der Waals surface area contributed by atoms with Crippen LogP contribution in [0.15, 0.2) is 29.7 Å². The molecule has 1 aliphatic heterocycles. The minimum atomic E-state index is -0.396. The van der Waals surface area contributed by atoms with Crippen LogP contribution in [0.1, 0.15) is 31.4 Å². The van der Waals surface area contributed by atoms with Gasteiger partial charge in [0.1, 0.15) is 12.4 Å². The van der Waals surface area contributed by atoms with Gasteiger partial charge in [0, 0.05) is 17.7 Å². The number of benzene rings is 1. The van der Waals surface area contributed by atoms with Gasteiger partial charge in [0.15, 0.2) is 17.3 Å². The highest BCUT2D eigenvalue weighted by Gasteiger charge is 2.38. The summed E-state index contributed by atoms with van der Waals surface area (Å²) < 4.78 is 18.1. The molecule has 8 heteroatoms. The van der Waals surface area contributed by atoms with Crippen molar-refractivity contribution in [3.05, 3.63) is 35.3 Å². The van der Waals surface area contributed by atoms with Crippen molar-refractivity contribution in [2.24, 2.45) is 5.92 Å². The van der Waals surface area contributed by atoms with Crippen LogP contribution in [0.2, 0.25) is 0 Å². The van der Waals surface area contributed by atoms with Gasteiger partial charge in [0.05, 0.1) is 21.3 Å². The zero-order chi connectivity index (χ0) is 19.1. The number of fused-ring (bicyclic) bond motifs is 1. The van der Waals surface area contributed by atoms with E-state index in [2.05, 4.69) is 22.3 Å². The summed E-state index contributed by atoms with van der Waals surface area (Å²) in [6.07, 6.45) is 2.81. The largest absolute Gasteiger partial charge is 0.493 e. The first-order valence-corrected chi connectivity index (χ1v) is 8.80. The topological polar surface area (TPSA) is 87.5 Å². The molecule has 8 nitrogen and oxygen atoms in total. The number of ether oxygens (including phenoxy) is 3. The van der Waals surface area contributed by atoms with Crippen molar-refractivity contribution in [2.45, 2.75) is 25.8 Å². The first-order valence-electron chi connectivity index (χ1n) is 8.80. The Morgan fingerprint density at radius 2 is 1.81 bits per heavy atom. The van der Waals surface area contributed by atoms with Crippen molar-refractivity contribution in [2.75, 3.05) is 26.6 Å². The number of nitrogens with zero attached hydrogens (tertiary/aromatic N) is 3. The maximum absolute atomic E-state index is 12.9. The quantitative estimate of drug-likeness (QED) is 0.885. The molecule has 2 heterocycles. The number of hydrogen-bond donors (Lipinski definition) is 1. The maximum atomic E-state index is 12.9. The van der Waals surface area contributed by atoms with E-state index in [0.29, 0.717) is 35.5 Å². The van der Waals surface area contributed by atoms with Gasteiger partial charge in [0.25, 0.3) is 0 Å². The van der Waals surface area contributed by atoms with Crippen LogP contribution in [0.5, 0.6) is 17.2 Å². The third kappa shape index (κ3) is 2.72. The lowest BCUT2D eigenvalue weighted by atomic mass is 9.81. The summed E-state index contributed by atoms with van der Waals surface area (Å²) in [5, 5.41) is 7.64. The van der Waals surface area contributed by atoms with Gasteiger partial charge in [-0.2, -0.15) is 10.1 Å². The van der Waals surface area contributed by atoms with Crippen molar-refractivity contribution < 1.29 is 19.0 Å². The van der Waals surface area contributed by atoms with Gasteiger partial charge < -0.3 is 19.5 Å². The van der Waals surface area contributed by atoms with E-state index in [4.69, 9.17) is 14.2 Å². The van der Waals surface area contributed by atoms with E-state index in [1.165, 1.54) is 6.33 Å². The van der Waals surface area contributed by atoms with Crippen LogP contribution in [0.4, 0.5) is 5.95 Å². The van der Waals surface area contributed by atoms with Gasteiger partial charge in [0.2, 0.25) is 11.7 Å². The lowest BCUT2D eigenvalue weighted by molar-refractivity contribution is -0.117. The molecule has 0 spiro atoms. The number of rotatable bonds is 4. The van der Waals surface area contributed by atoms with Gasteiger partial charge in [-0.05, 0) is 30.0 Å². The fraction of sp³-hybridized carbons (Fsp3) is 0.421. The summed E-state index contributed by atoms with van der Waals surface area (Å²) in [4.78, 5) is 17.2. The molecule has 142 valence electrons. The second kappa shape index (κ2) is 6.61. The molecule has 2 aromatic rings. The molecule has 1 aliphatic carbocycles. The van der Waals surface area contributed by atoms with Crippen LogP contribution < -0.4 is 19.5 Å². The van der Waals surface area contributed by atoms with Crippen molar-refractivity contribution >= 4 is 11.7 Å². The molecular weight excluding hydrogens is 348 g/mol. The van der Waals surface area contributed by atoms with Gasteiger partial charge in [-0.3, -0.25) is 4.79 Å². The Kier molecular flexibility index (Phi) is 4.25. The standard InChI is InChI=1S/C19H22N4O4/c1-10-5-12-16(13(24)6-10)17(23-19(22-12)20-9-21-23)11-7-14(25-2)18(27-4)15(8-11)26-3/h7-10,17H,5-6H2,1-4H3,(H,20,21,22). The molecule has 0 radical (unpaired) electrons. The Bertz CT molecular complexity index is 909. The molecule has 2 atom stereocenters. The fourth-order valence-corrected chi connectivity index (χ4v) is 3.91. The van der Waals surface area contributed by atoms with Crippen molar-refractivity contribution in [1.29, 1.82) is 0 Å². The summed E-state index contributed by atoms with van der Waals surface area (Å²) in [5.74, 6) is 2.61. The van der Waals surface area contributed by atoms with Gasteiger partial charge in [-0.1, -0.05) is 6.92 Å². The average Bonchev–Trinajstić information content (AvgIpc) is 3.12. The second-order valence-corrected chi connectivity index (χ2v) is 6.84. The second-order valence-electron chi connectivity index (χ2n) is 6.84. The van der Waals surface area contributed by atoms with E-state index in [1.54, 1.807) is 26.0 Å². The third-order valence-corrected chi connectivity index (χ3v) is 5.07. The molecule has 1 aromatic carbocycles. The highest BCUT2D eigenvalue weighted by Crippen LogP contribution is 2.45. The third-order valence-electron chi connectivity index (χ3n) is 5.07. The number of nitrogens with one attached hydrogen (secondary N) is 1. The Morgan fingerprint density at radius 3 is 2.44 bits per heavy atom. The van der Waals surface area contributed by atoms with E-state index in [0.717, 1.165) is 23.3 Å². The van der Waals surface area contributed by atoms with Crippen LogP contribution in [0.25, 0.3) is 0 Å². The van der Waals surface area contributed by atoms with E-state index in [9.17, 15) is 4.79 Å². The number of methoxy groups -OCH3 is 3. The summed E-state index contributed by atoms with van der Waals surface area (Å²) in [6, 6.07) is 3.32. The normalized spacial score (nSPS) is 21.3. The predicted octanol–water partition coefficient (Wildman–Crippen LogP) is 2.57. The zero-order valence-corrected chi connectivity index (χ0v) is 15.8. The molecule has 4 rings (SSSR count). The summed E-state index contributed by atoms with van der Waals surface area (Å²) >= 11 is 0. The zero-order valence-electron chi connectivity index (χ0n) is 15.8. The molecule has 0 saturated carbocycles. The molecule has 0 fully saturated rings. The number of aromatic nitrogens is 3. The molecule has 1 aromatic heterocycles. The number of carbonyl (C=O) groups excluding carboxylic acids is 1. The Morgan fingerprint density at radius 1 is 1.11 bits per heavy atom. The fourth-order valence-electron chi connectivity index (χ4n) is 3.91. The van der Waals surface area contributed by atoms with Crippen LogP contribution >= 0.6 is 0 Å². The first kappa shape index (κ1) is 17.4. The average molecular weight is 370 g/mol. The molecule has 1 N–H and O–H groups in total.